The lowest BCUT2D eigenvalue weighted by Crippen LogP contribution is -2.48. The zero-order valence-electron chi connectivity index (χ0n) is 14.8. The zero-order valence-corrected chi connectivity index (χ0v) is 15.6. The van der Waals surface area contributed by atoms with Crippen molar-refractivity contribution in [3.8, 4) is 11.1 Å². The number of hydrogen-bond acceptors (Lipinski definition) is 2. The number of nitrogens with one attached hydrogen (secondary N) is 2. The minimum Gasteiger partial charge on any atom is -0.349 e. The third-order valence-electron chi connectivity index (χ3n) is 4.81. The van der Waals surface area contributed by atoms with Gasteiger partial charge in [-0.3, -0.25) is 4.79 Å². The van der Waals surface area contributed by atoms with Crippen LogP contribution in [0.2, 0.25) is 0 Å². The van der Waals surface area contributed by atoms with Gasteiger partial charge in [-0.05, 0) is 67.7 Å². The molecule has 6 heteroatoms. The van der Waals surface area contributed by atoms with Crippen molar-refractivity contribution >= 4 is 18.3 Å². The van der Waals surface area contributed by atoms with E-state index in [2.05, 4.69) is 17.6 Å². The average Bonchev–Trinajstić information content (AvgIpc) is 2.57. The van der Waals surface area contributed by atoms with Crippen LogP contribution in [0.25, 0.3) is 11.1 Å². The molecule has 0 saturated carbocycles. The van der Waals surface area contributed by atoms with Crippen LogP contribution in [0.15, 0.2) is 36.4 Å². The number of halogens is 3. The minimum atomic E-state index is -0.485. The number of amides is 1. The molecule has 3 nitrogen and oxygen atoms in total. The van der Waals surface area contributed by atoms with E-state index in [0.29, 0.717) is 28.2 Å². The Hall–Kier alpha value is -1.98. The predicted molar refractivity (Wildman–Crippen MR) is 102 cm³/mol. The van der Waals surface area contributed by atoms with Crippen molar-refractivity contribution in [3.63, 3.8) is 0 Å². The molecule has 1 aliphatic rings. The molecule has 0 spiro atoms. The van der Waals surface area contributed by atoms with E-state index in [-0.39, 0.29) is 30.2 Å². The number of aryl methyl sites for hydroxylation is 1. The SMILES string of the molecule is Cc1cc(F)ccc1-c1ccc(C(=O)NC2CCNCC2C)cc1F.Cl. The lowest BCUT2D eigenvalue weighted by atomic mass is 9.94. The number of hydrogen-bond donors (Lipinski definition) is 2. The van der Waals surface area contributed by atoms with Crippen LogP contribution in [0.1, 0.15) is 29.3 Å². The van der Waals surface area contributed by atoms with E-state index in [0.717, 1.165) is 19.5 Å². The molecular weight excluding hydrogens is 358 g/mol. The highest BCUT2D eigenvalue weighted by Crippen LogP contribution is 2.27. The average molecular weight is 381 g/mol. The molecule has 3 rings (SSSR count). The summed E-state index contributed by atoms with van der Waals surface area (Å²) in [6.45, 7) is 5.55. The van der Waals surface area contributed by atoms with Crippen LogP contribution in [-0.2, 0) is 0 Å². The van der Waals surface area contributed by atoms with Crippen molar-refractivity contribution in [1.29, 1.82) is 0 Å². The molecule has 140 valence electrons. The summed E-state index contributed by atoms with van der Waals surface area (Å²) in [6.07, 6.45) is 0.863. The lowest BCUT2D eigenvalue weighted by Gasteiger charge is -2.30. The number of rotatable bonds is 3. The predicted octanol–water partition coefficient (Wildman–Crippen LogP) is 4.09. The Kier molecular flexibility index (Phi) is 6.73. The van der Waals surface area contributed by atoms with Crippen LogP contribution in [-0.4, -0.2) is 25.0 Å². The summed E-state index contributed by atoms with van der Waals surface area (Å²) < 4.78 is 27.8. The number of carbonyl (C=O) groups excluding carboxylic acids is 1. The van der Waals surface area contributed by atoms with Gasteiger partial charge in [0.15, 0.2) is 0 Å². The number of benzene rings is 2. The first-order valence-electron chi connectivity index (χ1n) is 8.53. The van der Waals surface area contributed by atoms with E-state index < -0.39 is 5.82 Å². The monoisotopic (exact) mass is 380 g/mol. The third-order valence-corrected chi connectivity index (χ3v) is 4.81. The second-order valence-electron chi connectivity index (χ2n) is 6.70. The summed E-state index contributed by atoms with van der Waals surface area (Å²) >= 11 is 0. The highest BCUT2D eigenvalue weighted by molar-refractivity contribution is 5.95. The van der Waals surface area contributed by atoms with Gasteiger partial charge in [0.05, 0.1) is 0 Å². The van der Waals surface area contributed by atoms with Crippen molar-refractivity contribution in [3.05, 3.63) is 59.2 Å². The summed E-state index contributed by atoms with van der Waals surface area (Å²) in [5.74, 6) is -0.766. The third kappa shape index (κ3) is 4.40. The molecule has 1 heterocycles. The molecule has 1 aliphatic heterocycles. The van der Waals surface area contributed by atoms with Gasteiger partial charge in [-0.25, -0.2) is 8.78 Å². The largest absolute Gasteiger partial charge is 0.349 e. The Balaban J connectivity index is 0.00000243. The molecule has 1 saturated heterocycles. The molecule has 2 N–H and O–H groups in total. The Bertz CT molecular complexity index is 797. The maximum atomic E-state index is 14.5. The van der Waals surface area contributed by atoms with Crippen LogP contribution < -0.4 is 10.6 Å². The molecular formula is C20H23ClF2N2O. The quantitative estimate of drug-likeness (QED) is 0.842. The van der Waals surface area contributed by atoms with Crippen molar-refractivity contribution in [2.45, 2.75) is 26.3 Å². The van der Waals surface area contributed by atoms with Gasteiger partial charge in [0.2, 0.25) is 0 Å². The van der Waals surface area contributed by atoms with Crippen LogP contribution in [0, 0.1) is 24.5 Å². The second-order valence-corrected chi connectivity index (χ2v) is 6.70. The first-order chi connectivity index (χ1) is 12.0. The zero-order chi connectivity index (χ0) is 18.0. The van der Waals surface area contributed by atoms with Crippen molar-refractivity contribution in [2.24, 2.45) is 5.92 Å². The topological polar surface area (TPSA) is 41.1 Å². The molecule has 2 unspecified atom stereocenters. The summed E-state index contributed by atoms with van der Waals surface area (Å²) in [5.41, 5.74) is 1.94. The van der Waals surface area contributed by atoms with Gasteiger partial charge in [0.1, 0.15) is 11.6 Å². The van der Waals surface area contributed by atoms with Gasteiger partial charge < -0.3 is 10.6 Å². The van der Waals surface area contributed by atoms with Gasteiger partial charge >= 0.3 is 0 Å². The van der Waals surface area contributed by atoms with Crippen molar-refractivity contribution < 1.29 is 13.6 Å². The van der Waals surface area contributed by atoms with Crippen molar-refractivity contribution in [2.75, 3.05) is 13.1 Å². The fraction of sp³-hybridized carbons (Fsp3) is 0.350. The standard InChI is InChI=1S/C20H22F2N2O.ClH/c1-12-9-15(21)4-6-16(12)17-5-3-14(10-18(17)22)20(25)24-19-7-8-23-11-13(19)2;/h3-6,9-10,13,19,23H,7-8,11H2,1-2H3,(H,24,25);1H. The van der Waals surface area contributed by atoms with E-state index >= 15 is 0 Å². The smallest absolute Gasteiger partial charge is 0.251 e. The summed E-state index contributed by atoms with van der Waals surface area (Å²) in [6, 6.07) is 8.77. The molecule has 2 aromatic rings. The fourth-order valence-corrected chi connectivity index (χ4v) is 3.28. The van der Waals surface area contributed by atoms with E-state index in [4.69, 9.17) is 0 Å². The molecule has 0 aromatic heterocycles. The molecule has 1 fully saturated rings. The minimum absolute atomic E-state index is 0. The van der Waals surface area contributed by atoms with Gasteiger partial charge in [-0.15, -0.1) is 12.4 Å². The highest BCUT2D eigenvalue weighted by Gasteiger charge is 2.23. The first kappa shape index (κ1) is 20.3. The van der Waals surface area contributed by atoms with Crippen molar-refractivity contribution in [1.82, 2.24) is 10.6 Å². The van der Waals surface area contributed by atoms with Crippen LogP contribution in [0.3, 0.4) is 0 Å². The number of piperidine rings is 1. The van der Waals surface area contributed by atoms with E-state index in [9.17, 15) is 13.6 Å². The molecule has 2 atom stereocenters. The second kappa shape index (κ2) is 8.60. The summed E-state index contributed by atoms with van der Waals surface area (Å²) in [5, 5.41) is 6.28. The molecule has 26 heavy (non-hydrogen) atoms. The summed E-state index contributed by atoms with van der Waals surface area (Å²) in [4.78, 5) is 12.4. The first-order valence-corrected chi connectivity index (χ1v) is 8.53. The van der Waals surface area contributed by atoms with Crippen LogP contribution in [0.5, 0.6) is 0 Å². The molecule has 0 bridgehead atoms. The van der Waals surface area contributed by atoms with Gasteiger partial charge in [0, 0.05) is 17.2 Å². The van der Waals surface area contributed by atoms with E-state index in [1.165, 1.54) is 18.2 Å². The molecule has 1 amide bonds. The lowest BCUT2D eigenvalue weighted by molar-refractivity contribution is 0.0914. The molecule has 2 aromatic carbocycles. The maximum Gasteiger partial charge on any atom is 0.251 e. The Morgan fingerprint density at radius 3 is 2.54 bits per heavy atom. The Morgan fingerprint density at radius 1 is 1.15 bits per heavy atom. The van der Waals surface area contributed by atoms with Gasteiger partial charge in [-0.1, -0.05) is 19.1 Å². The molecule has 0 aliphatic carbocycles. The summed E-state index contributed by atoms with van der Waals surface area (Å²) in [7, 11) is 0. The van der Waals surface area contributed by atoms with Crippen LogP contribution >= 0.6 is 12.4 Å². The van der Waals surface area contributed by atoms with Crippen LogP contribution in [0.4, 0.5) is 8.78 Å². The Morgan fingerprint density at radius 2 is 1.88 bits per heavy atom. The van der Waals surface area contributed by atoms with Gasteiger partial charge in [-0.2, -0.15) is 0 Å². The fourth-order valence-electron chi connectivity index (χ4n) is 3.28. The maximum absolute atomic E-state index is 14.5. The highest BCUT2D eigenvalue weighted by atomic mass is 35.5. The number of carbonyl (C=O) groups is 1. The normalized spacial score (nSPS) is 19.5. The van der Waals surface area contributed by atoms with E-state index in [1.54, 1.807) is 25.1 Å². The Labute approximate surface area is 158 Å². The van der Waals surface area contributed by atoms with Gasteiger partial charge in [0.25, 0.3) is 5.91 Å². The van der Waals surface area contributed by atoms with E-state index in [1.807, 2.05) is 0 Å². The molecule has 0 radical (unpaired) electrons.